The number of aliphatic carboxylic acids is 1. The fraction of sp³-hybridized carbons (Fsp3) is 0.333. The lowest BCUT2D eigenvalue weighted by Crippen LogP contribution is -2.41. The highest BCUT2D eigenvalue weighted by Gasteiger charge is 2.18. The predicted molar refractivity (Wildman–Crippen MR) is 75.5 cm³/mol. The number of halogens is 2. The van der Waals surface area contributed by atoms with Crippen molar-refractivity contribution in [3.63, 3.8) is 0 Å². The van der Waals surface area contributed by atoms with Gasteiger partial charge in [-0.2, -0.15) is 11.8 Å². The molecule has 0 radical (unpaired) electrons. The Kier molecular flexibility index (Phi) is 6.30. The first-order valence-electron chi connectivity index (χ1n) is 5.41. The Morgan fingerprint density at radius 1 is 1.53 bits per heavy atom. The Bertz CT molecular complexity index is 484. The molecule has 1 amide bonds. The number of thioether (sulfide) groups is 1. The molecule has 0 fully saturated rings. The van der Waals surface area contributed by atoms with Gasteiger partial charge in [0.05, 0.1) is 0 Å². The number of hydrogen-bond donors (Lipinski definition) is 2. The zero-order valence-corrected chi connectivity index (χ0v) is 12.6. The van der Waals surface area contributed by atoms with Crippen LogP contribution in [-0.4, -0.2) is 28.8 Å². The lowest BCUT2D eigenvalue weighted by atomic mass is 10.2. The number of nitrogens with one attached hydrogen (secondary N) is 1. The molecule has 1 atom stereocenters. The maximum Gasteiger partial charge on any atom is 0.327 e. The van der Waals surface area contributed by atoms with Crippen LogP contribution in [0.4, 0.5) is 4.39 Å². The summed E-state index contributed by atoms with van der Waals surface area (Å²) in [5, 5.41) is 11.3. The minimum absolute atomic E-state index is 0.220. The summed E-state index contributed by atoms with van der Waals surface area (Å²) in [7, 11) is 0. The summed E-state index contributed by atoms with van der Waals surface area (Å²) in [6, 6.07) is 3.41. The summed E-state index contributed by atoms with van der Waals surface area (Å²) in [5.74, 6) is -1.13. The van der Waals surface area contributed by atoms with E-state index in [1.807, 2.05) is 0 Å². The number of amides is 1. The first kappa shape index (κ1) is 16.0. The van der Waals surface area contributed by atoms with Crippen LogP contribution in [0.1, 0.15) is 12.5 Å². The van der Waals surface area contributed by atoms with Crippen molar-refractivity contribution in [1.29, 1.82) is 0 Å². The van der Waals surface area contributed by atoms with Crippen LogP contribution in [0.15, 0.2) is 22.7 Å². The summed E-state index contributed by atoms with van der Waals surface area (Å²) >= 11 is 4.62. The van der Waals surface area contributed by atoms with Gasteiger partial charge in [0.2, 0.25) is 5.91 Å². The monoisotopic (exact) mass is 349 g/mol. The van der Waals surface area contributed by atoms with E-state index in [4.69, 9.17) is 5.11 Å². The molecule has 1 rings (SSSR count). The zero-order valence-electron chi connectivity index (χ0n) is 10.2. The van der Waals surface area contributed by atoms with E-state index in [-0.39, 0.29) is 17.5 Å². The van der Waals surface area contributed by atoms with Crippen molar-refractivity contribution in [2.45, 2.75) is 18.7 Å². The Balaban J connectivity index is 2.54. The number of benzene rings is 1. The highest BCUT2D eigenvalue weighted by Crippen LogP contribution is 2.23. The van der Waals surface area contributed by atoms with Crippen LogP contribution in [0.5, 0.6) is 0 Å². The van der Waals surface area contributed by atoms with Gasteiger partial charge in [-0.3, -0.25) is 4.79 Å². The van der Waals surface area contributed by atoms with Crippen molar-refractivity contribution < 1.29 is 19.1 Å². The fourth-order valence-electron chi connectivity index (χ4n) is 1.36. The lowest BCUT2D eigenvalue weighted by Gasteiger charge is -2.13. The number of hydrogen-bond acceptors (Lipinski definition) is 3. The molecule has 0 saturated carbocycles. The lowest BCUT2D eigenvalue weighted by molar-refractivity contribution is -0.140. The van der Waals surface area contributed by atoms with Crippen LogP contribution in [0.25, 0.3) is 0 Å². The normalized spacial score (nSPS) is 11.9. The first-order chi connectivity index (χ1) is 8.90. The number of carbonyl (C=O) groups excluding carboxylic acids is 1. The minimum Gasteiger partial charge on any atom is -0.480 e. The molecule has 1 aromatic carbocycles. The van der Waals surface area contributed by atoms with Gasteiger partial charge in [-0.25, -0.2) is 9.18 Å². The molecule has 0 aliphatic rings. The minimum atomic E-state index is -1.08. The molecule has 1 aromatic rings. The van der Waals surface area contributed by atoms with E-state index in [2.05, 4.69) is 21.2 Å². The Labute approximate surface area is 122 Å². The van der Waals surface area contributed by atoms with Crippen LogP contribution in [0.3, 0.4) is 0 Å². The van der Waals surface area contributed by atoms with Crippen LogP contribution in [-0.2, 0) is 15.3 Å². The van der Waals surface area contributed by atoms with Crippen molar-refractivity contribution in [2.75, 3.05) is 5.75 Å². The molecule has 0 aromatic heterocycles. The average molecular weight is 350 g/mol. The van der Waals surface area contributed by atoms with Crippen LogP contribution >= 0.6 is 27.7 Å². The van der Waals surface area contributed by atoms with E-state index in [9.17, 15) is 14.0 Å². The third-order valence-electron chi connectivity index (χ3n) is 2.23. The zero-order chi connectivity index (χ0) is 14.4. The SMILES string of the molecule is CC(=O)NC(CSCc1cc(F)ccc1Br)C(=O)O. The first-order valence-corrected chi connectivity index (χ1v) is 7.36. The van der Waals surface area contributed by atoms with E-state index in [0.717, 1.165) is 10.0 Å². The van der Waals surface area contributed by atoms with Gasteiger partial charge >= 0.3 is 5.97 Å². The predicted octanol–water partition coefficient (Wildman–Crippen LogP) is 2.41. The molecule has 4 nitrogen and oxygen atoms in total. The van der Waals surface area contributed by atoms with Gasteiger partial charge in [0.1, 0.15) is 11.9 Å². The van der Waals surface area contributed by atoms with E-state index in [1.165, 1.54) is 30.8 Å². The van der Waals surface area contributed by atoms with Crippen molar-refractivity contribution in [3.05, 3.63) is 34.1 Å². The molecule has 0 aliphatic carbocycles. The van der Waals surface area contributed by atoms with E-state index in [0.29, 0.717) is 5.75 Å². The van der Waals surface area contributed by atoms with E-state index >= 15 is 0 Å². The summed E-state index contributed by atoms with van der Waals surface area (Å²) in [5.41, 5.74) is 0.747. The smallest absolute Gasteiger partial charge is 0.327 e. The molecule has 1 unspecified atom stereocenters. The molecule has 0 spiro atoms. The highest BCUT2D eigenvalue weighted by molar-refractivity contribution is 9.10. The van der Waals surface area contributed by atoms with Crippen molar-refractivity contribution in [2.24, 2.45) is 0 Å². The van der Waals surface area contributed by atoms with Gasteiger partial charge in [0.25, 0.3) is 0 Å². The molecular formula is C12H13BrFNO3S. The molecule has 7 heteroatoms. The Morgan fingerprint density at radius 2 is 2.21 bits per heavy atom. The molecule has 19 heavy (non-hydrogen) atoms. The maximum atomic E-state index is 13.1. The van der Waals surface area contributed by atoms with Gasteiger partial charge in [-0.15, -0.1) is 0 Å². The van der Waals surface area contributed by atoms with Gasteiger partial charge in [-0.1, -0.05) is 15.9 Å². The summed E-state index contributed by atoms with van der Waals surface area (Å²) in [6.07, 6.45) is 0. The maximum absolute atomic E-state index is 13.1. The van der Waals surface area contributed by atoms with Crippen molar-refractivity contribution in [3.8, 4) is 0 Å². The average Bonchev–Trinajstić information content (AvgIpc) is 2.31. The third kappa shape index (κ3) is 5.61. The standard InChI is InChI=1S/C12H13BrFNO3S/c1-7(16)15-11(12(17)18)6-19-5-8-4-9(14)2-3-10(8)13/h2-4,11H,5-6H2,1H3,(H,15,16)(H,17,18). The second kappa shape index (κ2) is 7.49. The number of carbonyl (C=O) groups is 2. The van der Waals surface area contributed by atoms with Gasteiger partial charge in [0.15, 0.2) is 0 Å². The van der Waals surface area contributed by atoms with Crippen LogP contribution in [0.2, 0.25) is 0 Å². The number of carboxylic acids is 1. The molecule has 0 heterocycles. The molecule has 104 valence electrons. The summed E-state index contributed by atoms with van der Waals surface area (Å²) in [6.45, 7) is 1.27. The van der Waals surface area contributed by atoms with Gasteiger partial charge < -0.3 is 10.4 Å². The topological polar surface area (TPSA) is 66.4 Å². The quantitative estimate of drug-likeness (QED) is 0.827. The Morgan fingerprint density at radius 3 is 2.79 bits per heavy atom. The molecule has 2 N–H and O–H groups in total. The molecule has 0 saturated heterocycles. The molecular weight excluding hydrogens is 337 g/mol. The fourth-order valence-corrected chi connectivity index (χ4v) is 2.97. The van der Waals surface area contributed by atoms with E-state index in [1.54, 1.807) is 6.07 Å². The molecule has 0 aliphatic heterocycles. The van der Waals surface area contributed by atoms with Crippen molar-refractivity contribution in [1.82, 2.24) is 5.32 Å². The van der Waals surface area contributed by atoms with E-state index < -0.39 is 12.0 Å². The number of rotatable bonds is 6. The largest absolute Gasteiger partial charge is 0.480 e. The Hall–Kier alpha value is -1.08. The summed E-state index contributed by atoms with van der Waals surface area (Å²) in [4.78, 5) is 21.8. The summed E-state index contributed by atoms with van der Waals surface area (Å²) < 4.78 is 13.8. The van der Waals surface area contributed by atoms with Gasteiger partial charge in [0, 0.05) is 22.9 Å². The second-order valence-corrected chi connectivity index (χ2v) is 5.73. The highest BCUT2D eigenvalue weighted by atomic mass is 79.9. The van der Waals surface area contributed by atoms with Gasteiger partial charge in [-0.05, 0) is 23.8 Å². The van der Waals surface area contributed by atoms with Crippen LogP contribution in [0, 0.1) is 5.82 Å². The number of carboxylic acid groups (broad SMARTS) is 1. The molecule has 0 bridgehead atoms. The second-order valence-electron chi connectivity index (χ2n) is 3.84. The van der Waals surface area contributed by atoms with Crippen molar-refractivity contribution >= 4 is 39.6 Å². The third-order valence-corrected chi connectivity index (χ3v) is 4.08. The van der Waals surface area contributed by atoms with Crippen LogP contribution < -0.4 is 5.32 Å².